The topological polar surface area (TPSA) is 84.1 Å². The smallest absolute Gasteiger partial charge is 0.222 e. The number of likely N-dealkylation sites (N-methyl/N-ethyl adjacent to an activating group) is 1. The quantitative estimate of drug-likeness (QED) is 0.884. The number of aryl methyl sites for hydroxylation is 2. The predicted molar refractivity (Wildman–Crippen MR) is 105 cm³/mol. The first-order valence-electron chi connectivity index (χ1n) is 9.62. The van der Waals surface area contributed by atoms with Gasteiger partial charge >= 0.3 is 0 Å². The minimum absolute atomic E-state index is 0.293. The lowest BCUT2D eigenvalue weighted by molar-refractivity contribution is 0.312. The van der Waals surface area contributed by atoms with E-state index in [0.717, 1.165) is 67.6 Å². The van der Waals surface area contributed by atoms with Crippen molar-refractivity contribution in [2.45, 2.75) is 39.5 Å². The Kier molecular flexibility index (Phi) is 5.98. The van der Waals surface area contributed by atoms with Gasteiger partial charge in [-0.15, -0.1) is 0 Å². The maximum atomic E-state index is 5.96. The van der Waals surface area contributed by atoms with Crippen LogP contribution >= 0.6 is 0 Å². The highest BCUT2D eigenvalue weighted by molar-refractivity contribution is 5.61. The molecule has 2 aliphatic rings. The Morgan fingerprint density at radius 2 is 1.58 bits per heavy atom. The van der Waals surface area contributed by atoms with Crippen molar-refractivity contribution in [3.63, 3.8) is 0 Å². The van der Waals surface area contributed by atoms with Gasteiger partial charge in [0.05, 0.1) is 23.3 Å². The first-order chi connectivity index (χ1) is 12.7. The lowest BCUT2D eigenvalue weighted by Crippen LogP contribution is -2.44. The van der Waals surface area contributed by atoms with Crippen LogP contribution in [0, 0.1) is 0 Å². The third-order valence-corrected chi connectivity index (χ3v) is 4.83. The molecular weight excluding hydrogens is 326 g/mol. The second kappa shape index (κ2) is 8.40. The van der Waals surface area contributed by atoms with Crippen LogP contribution in [-0.2, 0) is 12.8 Å². The third kappa shape index (κ3) is 4.09. The fourth-order valence-electron chi connectivity index (χ4n) is 3.35. The highest BCUT2D eigenvalue weighted by atomic mass is 15.3. The van der Waals surface area contributed by atoms with Crippen molar-refractivity contribution < 1.29 is 0 Å². The van der Waals surface area contributed by atoms with Crippen molar-refractivity contribution in [3.8, 4) is 11.4 Å². The van der Waals surface area contributed by atoms with Gasteiger partial charge in [-0.2, -0.15) is 4.98 Å². The molecule has 4 rings (SSSR count). The zero-order valence-electron chi connectivity index (χ0n) is 16.1. The van der Waals surface area contributed by atoms with Crippen LogP contribution in [0.1, 0.15) is 38.1 Å². The van der Waals surface area contributed by atoms with E-state index in [2.05, 4.69) is 31.8 Å². The molecule has 0 atom stereocenters. The molecule has 0 aromatic carbocycles. The lowest BCUT2D eigenvalue weighted by Gasteiger charge is -2.33. The lowest BCUT2D eigenvalue weighted by atomic mass is 10.0. The highest BCUT2D eigenvalue weighted by Crippen LogP contribution is 2.24. The molecule has 7 heteroatoms. The number of rotatable bonds is 2. The van der Waals surface area contributed by atoms with Crippen LogP contribution in [0.3, 0.4) is 0 Å². The van der Waals surface area contributed by atoms with Crippen LogP contribution in [-0.4, -0.2) is 58.1 Å². The maximum absolute atomic E-state index is 5.96. The van der Waals surface area contributed by atoms with Gasteiger partial charge in [0.15, 0.2) is 0 Å². The first kappa shape index (κ1) is 18.5. The summed E-state index contributed by atoms with van der Waals surface area (Å²) >= 11 is 0. The van der Waals surface area contributed by atoms with E-state index in [1.807, 2.05) is 26.1 Å². The zero-order valence-corrected chi connectivity index (χ0v) is 16.1. The molecular formula is C19H29N7. The van der Waals surface area contributed by atoms with Crippen molar-refractivity contribution in [1.29, 1.82) is 0 Å². The van der Waals surface area contributed by atoms with E-state index in [-0.39, 0.29) is 0 Å². The van der Waals surface area contributed by atoms with E-state index in [9.17, 15) is 0 Å². The van der Waals surface area contributed by atoms with Gasteiger partial charge in [-0.3, -0.25) is 4.98 Å². The van der Waals surface area contributed by atoms with Crippen molar-refractivity contribution in [2.24, 2.45) is 0 Å². The molecule has 0 saturated carbocycles. The summed E-state index contributed by atoms with van der Waals surface area (Å²) in [5, 5.41) is 0. The minimum atomic E-state index is 0.293. The summed E-state index contributed by atoms with van der Waals surface area (Å²) in [4.78, 5) is 22.8. The molecule has 1 aliphatic carbocycles. The second-order valence-electron chi connectivity index (χ2n) is 6.62. The van der Waals surface area contributed by atoms with Crippen molar-refractivity contribution in [1.82, 2.24) is 24.8 Å². The number of aromatic nitrogens is 4. The summed E-state index contributed by atoms with van der Waals surface area (Å²) < 4.78 is 0. The number of nitrogens with two attached hydrogens (primary N) is 1. The van der Waals surface area contributed by atoms with Crippen LogP contribution in [0.15, 0.2) is 12.3 Å². The van der Waals surface area contributed by atoms with E-state index in [1.165, 1.54) is 12.8 Å². The molecule has 1 fully saturated rings. The van der Waals surface area contributed by atoms with Gasteiger partial charge in [-0.05, 0) is 32.7 Å². The highest BCUT2D eigenvalue weighted by Gasteiger charge is 2.19. The molecule has 140 valence electrons. The largest absolute Gasteiger partial charge is 0.368 e. The van der Waals surface area contributed by atoms with Crippen LogP contribution in [0.5, 0.6) is 0 Å². The van der Waals surface area contributed by atoms with Gasteiger partial charge in [-0.1, -0.05) is 13.8 Å². The molecule has 2 N–H and O–H groups in total. The van der Waals surface area contributed by atoms with E-state index >= 15 is 0 Å². The molecule has 26 heavy (non-hydrogen) atoms. The summed E-state index contributed by atoms with van der Waals surface area (Å²) in [5.74, 6) is 1.17. The van der Waals surface area contributed by atoms with Gasteiger partial charge in [0.1, 0.15) is 11.5 Å². The molecule has 2 aromatic rings. The molecule has 1 aliphatic heterocycles. The Morgan fingerprint density at radius 1 is 0.885 bits per heavy atom. The van der Waals surface area contributed by atoms with Gasteiger partial charge in [-0.25, -0.2) is 9.97 Å². The molecule has 0 spiro atoms. The normalized spacial score (nSPS) is 17.3. The maximum Gasteiger partial charge on any atom is 0.222 e. The monoisotopic (exact) mass is 355 g/mol. The van der Waals surface area contributed by atoms with Crippen LogP contribution in [0.4, 0.5) is 11.8 Å². The van der Waals surface area contributed by atoms with Gasteiger partial charge < -0.3 is 15.5 Å². The zero-order chi connectivity index (χ0) is 18.5. The molecule has 1 saturated heterocycles. The number of hydrogen-bond donors (Lipinski definition) is 1. The number of piperazine rings is 1. The Morgan fingerprint density at radius 3 is 2.31 bits per heavy atom. The van der Waals surface area contributed by atoms with Gasteiger partial charge in [0, 0.05) is 32.2 Å². The molecule has 0 bridgehead atoms. The first-order valence-corrected chi connectivity index (χ1v) is 9.62. The van der Waals surface area contributed by atoms with Crippen molar-refractivity contribution in [2.75, 3.05) is 43.9 Å². The average molecular weight is 355 g/mol. The summed E-state index contributed by atoms with van der Waals surface area (Å²) in [7, 11) is 2.14. The third-order valence-electron chi connectivity index (χ3n) is 4.83. The van der Waals surface area contributed by atoms with E-state index in [0.29, 0.717) is 5.95 Å². The number of hydrogen-bond acceptors (Lipinski definition) is 7. The Balaban J connectivity index is 0.000000948. The minimum Gasteiger partial charge on any atom is -0.368 e. The predicted octanol–water partition coefficient (Wildman–Crippen LogP) is 2.17. The van der Waals surface area contributed by atoms with Crippen molar-refractivity contribution in [3.05, 3.63) is 23.7 Å². The Labute approximate surface area is 155 Å². The summed E-state index contributed by atoms with van der Waals surface area (Å²) in [6.45, 7) is 7.94. The molecule has 0 amide bonds. The fraction of sp³-hybridized carbons (Fsp3) is 0.579. The van der Waals surface area contributed by atoms with Gasteiger partial charge in [0.25, 0.3) is 0 Å². The van der Waals surface area contributed by atoms with Crippen LogP contribution in [0.2, 0.25) is 0 Å². The summed E-state index contributed by atoms with van der Waals surface area (Å²) in [6, 6.07) is 1.99. The second-order valence-corrected chi connectivity index (χ2v) is 6.62. The molecule has 2 aromatic heterocycles. The Bertz CT molecular complexity index is 739. The van der Waals surface area contributed by atoms with Gasteiger partial charge in [0.2, 0.25) is 5.95 Å². The van der Waals surface area contributed by atoms with E-state index in [4.69, 9.17) is 10.7 Å². The molecule has 3 heterocycles. The molecule has 0 unspecified atom stereocenters. The Hall–Kier alpha value is -2.28. The van der Waals surface area contributed by atoms with E-state index < -0.39 is 0 Å². The average Bonchev–Trinajstić information content (AvgIpc) is 2.69. The molecule has 0 radical (unpaired) electrons. The number of anilines is 2. The van der Waals surface area contributed by atoms with Crippen LogP contribution < -0.4 is 10.6 Å². The number of nitrogens with zero attached hydrogens (tertiary/aromatic N) is 6. The standard InChI is InChI=1S/C17H23N7.C2H6/c1-23-6-8-24(9-7-23)16-10-14(21-17(18)22-16)15-11-19-12-4-2-3-5-13(12)20-15;1-2/h10-11H,2-9H2,1H3,(H2,18,21,22);1-2H3. The van der Waals surface area contributed by atoms with Crippen molar-refractivity contribution >= 4 is 11.8 Å². The summed E-state index contributed by atoms with van der Waals surface area (Å²) in [5.41, 5.74) is 9.75. The fourth-order valence-corrected chi connectivity index (χ4v) is 3.35. The number of fused-ring (bicyclic) bond motifs is 1. The van der Waals surface area contributed by atoms with Crippen LogP contribution in [0.25, 0.3) is 11.4 Å². The summed E-state index contributed by atoms with van der Waals surface area (Å²) in [6.07, 6.45) is 6.24. The SMILES string of the molecule is CC.CN1CCN(c2cc(-c3cnc4c(n3)CCCC4)nc(N)n2)CC1. The number of nitrogen functional groups attached to an aromatic ring is 1. The van der Waals surface area contributed by atoms with E-state index in [1.54, 1.807) is 0 Å². The molecule has 7 nitrogen and oxygen atoms in total.